The van der Waals surface area contributed by atoms with Gasteiger partial charge in [0.15, 0.2) is 0 Å². The molecular formula is C22H20Cl2N4O4. The number of aromatic nitrogens is 3. The van der Waals surface area contributed by atoms with E-state index in [9.17, 15) is 14.4 Å². The second-order valence-electron chi connectivity index (χ2n) is 7.60. The summed E-state index contributed by atoms with van der Waals surface area (Å²) >= 11 is 12.3. The van der Waals surface area contributed by atoms with E-state index in [0.29, 0.717) is 30.5 Å². The van der Waals surface area contributed by atoms with Gasteiger partial charge in [-0.15, -0.1) is 0 Å². The molecule has 1 aliphatic rings. The molecule has 1 fully saturated rings. The van der Waals surface area contributed by atoms with Crippen molar-refractivity contribution in [3.8, 4) is 5.69 Å². The molecule has 3 aromatic rings. The van der Waals surface area contributed by atoms with E-state index in [1.54, 1.807) is 6.07 Å². The molecule has 8 nitrogen and oxygen atoms in total. The summed E-state index contributed by atoms with van der Waals surface area (Å²) in [6.07, 6.45) is 2.48. The number of hydrogen-bond donors (Lipinski definition) is 2. The van der Waals surface area contributed by atoms with Crippen LogP contribution in [0, 0.1) is 0 Å². The van der Waals surface area contributed by atoms with Gasteiger partial charge in [0, 0.05) is 30.2 Å². The Bertz CT molecular complexity index is 1250. The van der Waals surface area contributed by atoms with Gasteiger partial charge in [-0.25, -0.2) is 4.79 Å². The Kier molecular flexibility index (Phi) is 6.45. The predicted octanol–water partition coefficient (Wildman–Crippen LogP) is 2.71. The maximum atomic E-state index is 13.0. The lowest BCUT2D eigenvalue weighted by Gasteiger charge is -2.38. The van der Waals surface area contributed by atoms with Crippen molar-refractivity contribution >= 4 is 29.1 Å². The van der Waals surface area contributed by atoms with Gasteiger partial charge in [-0.2, -0.15) is 9.78 Å². The van der Waals surface area contributed by atoms with Crippen LogP contribution in [0.1, 0.15) is 28.8 Å². The Balaban J connectivity index is 1.59. The summed E-state index contributed by atoms with van der Waals surface area (Å²) in [7, 11) is 0. The van der Waals surface area contributed by atoms with Crippen molar-refractivity contribution in [1.29, 1.82) is 0 Å². The number of benzene rings is 2. The molecule has 0 spiro atoms. The van der Waals surface area contributed by atoms with Gasteiger partial charge in [0.05, 0.1) is 16.3 Å². The Hall–Kier alpha value is -2.94. The number of aromatic amines is 1. The summed E-state index contributed by atoms with van der Waals surface area (Å²) in [6, 6.07) is 12.1. The molecule has 2 aromatic carbocycles. The molecule has 0 bridgehead atoms. The zero-order chi connectivity index (χ0) is 22.7. The van der Waals surface area contributed by atoms with Crippen LogP contribution in [0.15, 0.2) is 58.3 Å². The fraction of sp³-hybridized carbons (Fsp3) is 0.273. The van der Waals surface area contributed by atoms with Crippen LogP contribution in [0.2, 0.25) is 10.0 Å². The monoisotopic (exact) mass is 474 g/mol. The first-order valence-electron chi connectivity index (χ1n) is 9.99. The first-order valence-corrected chi connectivity index (χ1v) is 10.7. The SMILES string of the molecule is O=C(NCC1(c2ccc(Cl)cc2)CCOCC1)c1cc(-n2ncc(=O)[nH]c2=O)ccc1Cl. The number of carbonyl (C=O) groups excluding carboxylic acids is 1. The van der Waals surface area contributed by atoms with E-state index in [2.05, 4.69) is 15.4 Å². The lowest BCUT2D eigenvalue weighted by Crippen LogP contribution is -2.44. The third kappa shape index (κ3) is 4.62. The normalized spacial score (nSPS) is 15.3. The molecule has 2 N–H and O–H groups in total. The number of nitrogens with zero attached hydrogens (tertiary/aromatic N) is 2. The number of carbonyl (C=O) groups is 1. The standard InChI is InChI=1S/C22H20Cl2N4O4/c23-15-3-1-14(2-4-15)22(7-9-32-10-8-22)13-25-20(30)17-11-16(5-6-18(17)24)28-21(31)27-19(29)12-26-28/h1-6,11-12H,7-10,13H2,(H,25,30)(H,27,29,31). The molecule has 32 heavy (non-hydrogen) atoms. The first-order chi connectivity index (χ1) is 15.4. The number of nitrogens with one attached hydrogen (secondary N) is 2. The summed E-state index contributed by atoms with van der Waals surface area (Å²) in [5, 5.41) is 7.69. The van der Waals surface area contributed by atoms with Gasteiger partial charge in [0.25, 0.3) is 11.5 Å². The largest absolute Gasteiger partial charge is 0.381 e. The Labute approximate surface area is 193 Å². The first kappa shape index (κ1) is 22.3. The fourth-order valence-electron chi connectivity index (χ4n) is 3.83. The molecule has 1 saturated heterocycles. The molecule has 2 heterocycles. The predicted molar refractivity (Wildman–Crippen MR) is 121 cm³/mol. The van der Waals surface area contributed by atoms with Gasteiger partial charge in [0.1, 0.15) is 6.20 Å². The Morgan fingerprint density at radius 3 is 2.53 bits per heavy atom. The van der Waals surface area contributed by atoms with Crippen LogP contribution in [-0.4, -0.2) is 40.4 Å². The summed E-state index contributed by atoms with van der Waals surface area (Å²) in [5.41, 5.74) is -0.0341. The third-order valence-electron chi connectivity index (χ3n) is 5.65. The second-order valence-corrected chi connectivity index (χ2v) is 8.44. The van der Waals surface area contributed by atoms with Gasteiger partial charge >= 0.3 is 5.69 Å². The van der Waals surface area contributed by atoms with Crippen LogP contribution >= 0.6 is 23.2 Å². The van der Waals surface area contributed by atoms with Crippen molar-refractivity contribution < 1.29 is 9.53 Å². The number of H-pyrrole nitrogens is 1. The van der Waals surface area contributed by atoms with E-state index in [0.717, 1.165) is 29.3 Å². The highest BCUT2D eigenvalue weighted by molar-refractivity contribution is 6.34. The number of ether oxygens (including phenoxy) is 1. The molecule has 0 aliphatic carbocycles. The van der Waals surface area contributed by atoms with Crippen LogP contribution < -0.4 is 16.6 Å². The van der Waals surface area contributed by atoms with Gasteiger partial charge < -0.3 is 10.1 Å². The average Bonchev–Trinajstić information content (AvgIpc) is 2.79. The Morgan fingerprint density at radius 1 is 1.12 bits per heavy atom. The Morgan fingerprint density at radius 2 is 1.84 bits per heavy atom. The molecule has 10 heteroatoms. The molecule has 0 saturated carbocycles. The van der Waals surface area contributed by atoms with E-state index in [4.69, 9.17) is 27.9 Å². The van der Waals surface area contributed by atoms with Crippen molar-refractivity contribution in [2.75, 3.05) is 19.8 Å². The average molecular weight is 475 g/mol. The molecule has 1 aliphatic heterocycles. The second kappa shape index (κ2) is 9.28. The fourth-order valence-corrected chi connectivity index (χ4v) is 4.16. The highest BCUT2D eigenvalue weighted by Crippen LogP contribution is 2.35. The van der Waals surface area contributed by atoms with E-state index in [1.165, 1.54) is 12.1 Å². The molecular weight excluding hydrogens is 455 g/mol. The van der Waals surface area contributed by atoms with Crippen molar-refractivity contribution in [1.82, 2.24) is 20.1 Å². The van der Waals surface area contributed by atoms with Gasteiger partial charge in [0.2, 0.25) is 0 Å². The van der Waals surface area contributed by atoms with Crippen molar-refractivity contribution in [3.05, 3.63) is 90.7 Å². The zero-order valence-electron chi connectivity index (χ0n) is 16.9. The molecule has 0 radical (unpaired) electrons. The number of rotatable bonds is 5. The summed E-state index contributed by atoms with van der Waals surface area (Å²) in [4.78, 5) is 38.5. The molecule has 1 aromatic heterocycles. The lowest BCUT2D eigenvalue weighted by molar-refractivity contribution is 0.0487. The minimum absolute atomic E-state index is 0.197. The third-order valence-corrected chi connectivity index (χ3v) is 6.23. The van der Waals surface area contributed by atoms with Gasteiger partial charge in [-0.3, -0.25) is 14.6 Å². The maximum absolute atomic E-state index is 13.0. The molecule has 0 atom stereocenters. The van der Waals surface area contributed by atoms with Gasteiger partial charge in [-0.1, -0.05) is 35.3 Å². The number of halogens is 2. The highest BCUT2D eigenvalue weighted by atomic mass is 35.5. The quantitative estimate of drug-likeness (QED) is 0.591. The number of amides is 1. The van der Waals surface area contributed by atoms with Crippen LogP contribution in [0.3, 0.4) is 0 Å². The molecule has 0 unspecified atom stereocenters. The van der Waals surface area contributed by atoms with Crippen LogP contribution in [-0.2, 0) is 10.2 Å². The van der Waals surface area contributed by atoms with E-state index < -0.39 is 11.2 Å². The van der Waals surface area contributed by atoms with E-state index in [-0.39, 0.29) is 21.9 Å². The minimum Gasteiger partial charge on any atom is -0.381 e. The zero-order valence-corrected chi connectivity index (χ0v) is 18.4. The number of hydrogen-bond acceptors (Lipinski definition) is 5. The highest BCUT2D eigenvalue weighted by Gasteiger charge is 2.35. The molecule has 166 valence electrons. The minimum atomic E-state index is -0.713. The summed E-state index contributed by atoms with van der Waals surface area (Å²) in [5.74, 6) is -0.380. The smallest absolute Gasteiger partial charge is 0.349 e. The van der Waals surface area contributed by atoms with Crippen LogP contribution in [0.25, 0.3) is 5.69 Å². The topological polar surface area (TPSA) is 106 Å². The summed E-state index contributed by atoms with van der Waals surface area (Å²) < 4.78 is 6.53. The van der Waals surface area contributed by atoms with Crippen LogP contribution in [0.4, 0.5) is 0 Å². The van der Waals surface area contributed by atoms with Gasteiger partial charge in [-0.05, 0) is 48.7 Å². The van der Waals surface area contributed by atoms with E-state index >= 15 is 0 Å². The maximum Gasteiger partial charge on any atom is 0.349 e. The van der Waals surface area contributed by atoms with Crippen molar-refractivity contribution in [2.45, 2.75) is 18.3 Å². The molecule has 4 rings (SSSR count). The van der Waals surface area contributed by atoms with Crippen LogP contribution in [0.5, 0.6) is 0 Å². The van der Waals surface area contributed by atoms with Crippen molar-refractivity contribution in [2.24, 2.45) is 0 Å². The summed E-state index contributed by atoms with van der Waals surface area (Å²) in [6.45, 7) is 1.57. The molecule has 1 amide bonds. The lowest BCUT2D eigenvalue weighted by atomic mass is 9.74. The van der Waals surface area contributed by atoms with Crippen molar-refractivity contribution in [3.63, 3.8) is 0 Å². The van der Waals surface area contributed by atoms with E-state index in [1.807, 2.05) is 24.3 Å².